The van der Waals surface area contributed by atoms with E-state index >= 15 is 0 Å². The zero-order valence-corrected chi connectivity index (χ0v) is 13.2. The van der Waals surface area contributed by atoms with Crippen LogP contribution in [0.25, 0.3) is 0 Å². The van der Waals surface area contributed by atoms with Crippen LogP contribution in [0.5, 0.6) is 0 Å². The highest BCUT2D eigenvalue weighted by Crippen LogP contribution is 2.32. The van der Waals surface area contributed by atoms with Gasteiger partial charge in [-0.25, -0.2) is 0 Å². The second-order valence-electron chi connectivity index (χ2n) is 5.51. The van der Waals surface area contributed by atoms with Gasteiger partial charge in [0, 0.05) is 6.54 Å². The molecule has 0 saturated heterocycles. The normalized spacial score (nSPS) is 14.8. The van der Waals surface area contributed by atoms with Crippen LogP contribution < -0.4 is 5.32 Å². The zero-order chi connectivity index (χ0) is 13.8. The van der Waals surface area contributed by atoms with Crippen LogP contribution in [-0.2, 0) is 6.42 Å². The highest BCUT2D eigenvalue weighted by molar-refractivity contribution is 6.42. The van der Waals surface area contributed by atoms with Crippen molar-refractivity contribution in [3.8, 4) is 0 Å². The van der Waals surface area contributed by atoms with E-state index in [1.165, 1.54) is 5.56 Å². The van der Waals surface area contributed by atoms with E-state index in [4.69, 9.17) is 23.2 Å². The predicted molar refractivity (Wildman–Crippen MR) is 81.7 cm³/mol. The Morgan fingerprint density at radius 1 is 1.22 bits per heavy atom. The summed E-state index contributed by atoms with van der Waals surface area (Å²) in [6, 6.07) is 5.93. The number of nitrogens with one attached hydrogen (secondary N) is 1. The van der Waals surface area contributed by atoms with Crippen molar-refractivity contribution in [1.82, 2.24) is 5.32 Å². The third-order valence-electron chi connectivity index (χ3n) is 3.76. The van der Waals surface area contributed by atoms with Gasteiger partial charge in [0.15, 0.2) is 0 Å². The van der Waals surface area contributed by atoms with E-state index in [2.05, 4.69) is 39.1 Å². The molecule has 1 atom stereocenters. The van der Waals surface area contributed by atoms with Crippen molar-refractivity contribution in [1.29, 1.82) is 0 Å². The molecule has 0 radical (unpaired) electrons. The average molecular weight is 288 g/mol. The quantitative estimate of drug-likeness (QED) is 0.792. The van der Waals surface area contributed by atoms with Crippen molar-refractivity contribution in [2.75, 3.05) is 13.1 Å². The Hall–Kier alpha value is -0.240. The molecule has 1 N–H and O–H groups in total. The van der Waals surface area contributed by atoms with E-state index in [0.29, 0.717) is 16.0 Å². The lowest BCUT2D eigenvalue weighted by Crippen LogP contribution is -2.37. The lowest BCUT2D eigenvalue weighted by molar-refractivity contribution is 0.209. The average Bonchev–Trinajstić information content (AvgIpc) is 2.31. The fraction of sp³-hybridized carbons (Fsp3) is 0.600. The van der Waals surface area contributed by atoms with Crippen molar-refractivity contribution in [2.45, 2.75) is 34.1 Å². The monoisotopic (exact) mass is 287 g/mol. The van der Waals surface area contributed by atoms with Gasteiger partial charge < -0.3 is 5.32 Å². The van der Waals surface area contributed by atoms with Crippen LogP contribution in [0.3, 0.4) is 0 Å². The van der Waals surface area contributed by atoms with E-state index in [1.807, 2.05) is 12.1 Å². The van der Waals surface area contributed by atoms with Crippen molar-refractivity contribution in [2.24, 2.45) is 11.3 Å². The molecular formula is C15H23Cl2N. The number of hydrogen-bond donors (Lipinski definition) is 1. The number of hydrogen-bond acceptors (Lipinski definition) is 1. The van der Waals surface area contributed by atoms with Crippen LogP contribution in [-0.4, -0.2) is 13.1 Å². The van der Waals surface area contributed by atoms with E-state index in [1.54, 1.807) is 0 Å². The lowest BCUT2D eigenvalue weighted by Gasteiger charge is -2.34. The molecule has 0 aliphatic carbocycles. The molecule has 0 spiro atoms. The van der Waals surface area contributed by atoms with Crippen LogP contribution >= 0.6 is 23.2 Å². The summed E-state index contributed by atoms with van der Waals surface area (Å²) >= 11 is 12.0. The maximum absolute atomic E-state index is 6.08. The summed E-state index contributed by atoms with van der Waals surface area (Å²) in [7, 11) is 0. The highest BCUT2D eigenvalue weighted by Gasteiger charge is 2.28. The summed E-state index contributed by atoms with van der Waals surface area (Å²) in [5.74, 6) is 0.603. The summed E-state index contributed by atoms with van der Waals surface area (Å²) < 4.78 is 0. The lowest BCUT2D eigenvalue weighted by atomic mass is 9.74. The van der Waals surface area contributed by atoms with Crippen molar-refractivity contribution >= 4 is 23.2 Å². The summed E-state index contributed by atoms with van der Waals surface area (Å²) in [6.45, 7) is 11.0. The van der Waals surface area contributed by atoms with Crippen LogP contribution in [0.1, 0.15) is 33.3 Å². The van der Waals surface area contributed by atoms with E-state index in [0.717, 1.165) is 19.5 Å². The molecule has 0 saturated carbocycles. The van der Waals surface area contributed by atoms with Crippen molar-refractivity contribution < 1.29 is 0 Å². The molecule has 0 aromatic heterocycles. The first-order chi connectivity index (χ1) is 8.39. The zero-order valence-electron chi connectivity index (χ0n) is 11.7. The fourth-order valence-corrected chi connectivity index (χ4v) is 2.32. The molecule has 1 nitrogen and oxygen atoms in total. The molecule has 0 aliphatic rings. The van der Waals surface area contributed by atoms with E-state index in [9.17, 15) is 0 Å². The van der Waals surface area contributed by atoms with Crippen molar-refractivity contribution in [3.05, 3.63) is 33.8 Å². The minimum absolute atomic E-state index is 0.229. The molecule has 102 valence electrons. The second kappa shape index (κ2) is 6.79. The van der Waals surface area contributed by atoms with Gasteiger partial charge in [-0.05, 0) is 42.0 Å². The molecule has 3 heteroatoms. The second-order valence-corrected chi connectivity index (χ2v) is 6.33. The molecule has 0 heterocycles. The molecule has 0 amide bonds. The first kappa shape index (κ1) is 15.8. The Morgan fingerprint density at radius 2 is 1.89 bits per heavy atom. The van der Waals surface area contributed by atoms with Gasteiger partial charge in [0.1, 0.15) is 0 Å². The first-order valence-corrected chi connectivity index (χ1v) is 7.29. The van der Waals surface area contributed by atoms with Crippen LogP contribution in [0.4, 0.5) is 0 Å². The number of benzene rings is 1. The molecule has 1 rings (SSSR count). The molecule has 1 unspecified atom stereocenters. The summed E-state index contributed by atoms with van der Waals surface area (Å²) in [5.41, 5.74) is 1.48. The topological polar surface area (TPSA) is 12.0 Å². The first-order valence-electron chi connectivity index (χ1n) is 6.53. The highest BCUT2D eigenvalue weighted by atomic mass is 35.5. The van der Waals surface area contributed by atoms with Gasteiger partial charge in [-0.3, -0.25) is 0 Å². The SMILES string of the molecule is CCNCC(C)(Cc1ccc(Cl)c(Cl)c1)C(C)C. The largest absolute Gasteiger partial charge is 0.316 e. The van der Waals surface area contributed by atoms with Gasteiger partial charge in [0.2, 0.25) is 0 Å². The van der Waals surface area contributed by atoms with Crippen molar-refractivity contribution in [3.63, 3.8) is 0 Å². The molecule has 1 aromatic carbocycles. The van der Waals surface area contributed by atoms with Gasteiger partial charge in [-0.2, -0.15) is 0 Å². The molecule has 1 aromatic rings. The van der Waals surface area contributed by atoms with Gasteiger partial charge in [-0.1, -0.05) is 57.0 Å². The number of halogens is 2. The smallest absolute Gasteiger partial charge is 0.0595 e. The molecule has 18 heavy (non-hydrogen) atoms. The Balaban J connectivity index is 2.85. The Morgan fingerprint density at radius 3 is 2.39 bits per heavy atom. The van der Waals surface area contributed by atoms with Crippen LogP contribution in [0.2, 0.25) is 10.0 Å². The maximum Gasteiger partial charge on any atom is 0.0595 e. The van der Waals surface area contributed by atoms with Gasteiger partial charge in [-0.15, -0.1) is 0 Å². The predicted octanol–water partition coefficient (Wildman–Crippen LogP) is 4.81. The molecule has 0 aliphatic heterocycles. The number of rotatable bonds is 6. The minimum atomic E-state index is 0.229. The Labute approximate surface area is 121 Å². The summed E-state index contributed by atoms with van der Waals surface area (Å²) in [4.78, 5) is 0. The molecular weight excluding hydrogens is 265 g/mol. The van der Waals surface area contributed by atoms with E-state index in [-0.39, 0.29) is 5.41 Å². The molecule has 0 bridgehead atoms. The Bertz CT molecular complexity index is 390. The van der Waals surface area contributed by atoms with Crippen LogP contribution in [0.15, 0.2) is 18.2 Å². The van der Waals surface area contributed by atoms with Crippen LogP contribution in [0, 0.1) is 11.3 Å². The summed E-state index contributed by atoms with van der Waals surface area (Å²) in [6.07, 6.45) is 1.01. The summed E-state index contributed by atoms with van der Waals surface area (Å²) in [5, 5.41) is 4.72. The molecule has 0 fully saturated rings. The fourth-order valence-electron chi connectivity index (χ4n) is 2.00. The van der Waals surface area contributed by atoms with Gasteiger partial charge in [0.25, 0.3) is 0 Å². The van der Waals surface area contributed by atoms with Gasteiger partial charge in [0.05, 0.1) is 10.0 Å². The standard InChI is InChI=1S/C15H23Cl2N/c1-5-18-10-15(4,11(2)3)9-12-6-7-13(16)14(17)8-12/h6-8,11,18H,5,9-10H2,1-4H3. The maximum atomic E-state index is 6.08. The van der Waals surface area contributed by atoms with Gasteiger partial charge >= 0.3 is 0 Å². The third kappa shape index (κ3) is 4.15. The third-order valence-corrected chi connectivity index (χ3v) is 4.50. The van der Waals surface area contributed by atoms with E-state index < -0.39 is 0 Å². The Kier molecular flexibility index (Phi) is 5.97. The minimum Gasteiger partial charge on any atom is -0.316 e.